The molecule has 2 aliphatic rings. The molecule has 2 fully saturated rings. The van der Waals surface area contributed by atoms with Crippen molar-refractivity contribution in [2.45, 2.75) is 52.1 Å². The first-order valence-electron chi connectivity index (χ1n) is 7.07. The highest BCUT2D eigenvalue weighted by Gasteiger charge is 2.28. The molecule has 0 aromatic heterocycles. The first-order valence-corrected chi connectivity index (χ1v) is 7.07. The summed E-state index contributed by atoms with van der Waals surface area (Å²) in [6, 6.07) is 0. The quantitative estimate of drug-likeness (QED) is 0.794. The van der Waals surface area contributed by atoms with Gasteiger partial charge in [-0.15, -0.1) is 0 Å². The highest BCUT2D eigenvalue weighted by atomic mass is 16.3. The van der Waals surface area contributed by atoms with Crippen LogP contribution >= 0.6 is 0 Å². The molecule has 0 radical (unpaired) electrons. The molecule has 3 unspecified atom stereocenters. The Labute approximate surface area is 100 Å². The zero-order chi connectivity index (χ0) is 11.5. The predicted molar refractivity (Wildman–Crippen MR) is 67.3 cm³/mol. The van der Waals surface area contributed by atoms with Crippen LogP contribution < -0.4 is 0 Å². The third-order valence-electron chi connectivity index (χ3n) is 4.69. The Morgan fingerprint density at radius 3 is 2.62 bits per heavy atom. The van der Waals surface area contributed by atoms with E-state index in [1.54, 1.807) is 0 Å². The molecule has 1 aliphatic carbocycles. The van der Waals surface area contributed by atoms with E-state index in [4.69, 9.17) is 0 Å². The van der Waals surface area contributed by atoms with Gasteiger partial charge in [0.2, 0.25) is 0 Å². The van der Waals surface area contributed by atoms with Crippen LogP contribution in [-0.4, -0.2) is 35.7 Å². The smallest absolute Gasteiger partial charge is 0.0568 e. The monoisotopic (exact) mass is 225 g/mol. The lowest BCUT2D eigenvalue weighted by molar-refractivity contribution is 0.120. The highest BCUT2D eigenvalue weighted by molar-refractivity contribution is 4.81. The maximum absolute atomic E-state index is 9.78. The van der Waals surface area contributed by atoms with E-state index in [2.05, 4.69) is 18.7 Å². The summed E-state index contributed by atoms with van der Waals surface area (Å²) in [5, 5.41) is 9.78. The number of hydrogen-bond acceptors (Lipinski definition) is 2. The van der Waals surface area contributed by atoms with Gasteiger partial charge in [0.1, 0.15) is 0 Å². The van der Waals surface area contributed by atoms with Crippen LogP contribution in [0.1, 0.15) is 46.0 Å². The number of rotatable bonds is 4. The minimum absolute atomic E-state index is 0.00324. The van der Waals surface area contributed by atoms with Crippen LogP contribution in [0.4, 0.5) is 0 Å². The molecule has 0 spiro atoms. The number of nitrogens with zero attached hydrogens (tertiary/aromatic N) is 1. The van der Waals surface area contributed by atoms with Gasteiger partial charge in [0.25, 0.3) is 0 Å². The first kappa shape index (κ1) is 12.4. The number of aliphatic hydroxyl groups is 1. The average Bonchev–Trinajstić information content (AvgIpc) is 2.83. The molecule has 0 bridgehead atoms. The van der Waals surface area contributed by atoms with Crippen molar-refractivity contribution >= 4 is 0 Å². The van der Waals surface area contributed by atoms with Gasteiger partial charge in [-0.1, -0.05) is 20.3 Å². The molecule has 16 heavy (non-hydrogen) atoms. The lowest BCUT2D eigenvalue weighted by atomic mass is 9.95. The van der Waals surface area contributed by atoms with E-state index in [-0.39, 0.29) is 6.10 Å². The minimum Gasteiger partial charge on any atom is -0.393 e. The van der Waals surface area contributed by atoms with Crippen molar-refractivity contribution < 1.29 is 5.11 Å². The molecule has 2 heteroatoms. The largest absolute Gasteiger partial charge is 0.393 e. The van der Waals surface area contributed by atoms with Crippen LogP contribution in [0.5, 0.6) is 0 Å². The zero-order valence-corrected chi connectivity index (χ0v) is 10.9. The van der Waals surface area contributed by atoms with Crippen LogP contribution in [0.25, 0.3) is 0 Å². The van der Waals surface area contributed by atoms with Crippen LogP contribution in [0.2, 0.25) is 0 Å². The van der Waals surface area contributed by atoms with Gasteiger partial charge in [0, 0.05) is 6.54 Å². The first-order chi connectivity index (χ1) is 7.66. The molecule has 0 aromatic carbocycles. The fourth-order valence-electron chi connectivity index (χ4n) is 3.31. The van der Waals surface area contributed by atoms with Crippen molar-refractivity contribution in [3.63, 3.8) is 0 Å². The van der Waals surface area contributed by atoms with Gasteiger partial charge >= 0.3 is 0 Å². The number of hydrogen-bond donors (Lipinski definition) is 1. The predicted octanol–water partition coefficient (Wildman–Crippen LogP) is 2.52. The molecule has 3 atom stereocenters. The van der Waals surface area contributed by atoms with Gasteiger partial charge in [-0.25, -0.2) is 0 Å². The van der Waals surface area contributed by atoms with E-state index < -0.39 is 0 Å². The summed E-state index contributed by atoms with van der Waals surface area (Å²) in [4.78, 5) is 2.61. The third kappa shape index (κ3) is 2.98. The molecule has 1 N–H and O–H groups in total. The maximum Gasteiger partial charge on any atom is 0.0568 e. The fourth-order valence-corrected chi connectivity index (χ4v) is 3.31. The van der Waals surface area contributed by atoms with Crippen molar-refractivity contribution in [1.29, 1.82) is 0 Å². The van der Waals surface area contributed by atoms with Crippen molar-refractivity contribution in [1.82, 2.24) is 4.90 Å². The third-order valence-corrected chi connectivity index (χ3v) is 4.69. The Hall–Kier alpha value is -0.0800. The van der Waals surface area contributed by atoms with E-state index in [0.29, 0.717) is 5.92 Å². The van der Waals surface area contributed by atoms with Crippen LogP contribution in [-0.2, 0) is 0 Å². The molecule has 0 amide bonds. The molecule has 1 saturated carbocycles. The van der Waals surface area contributed by atoms with Gasteiger partial charge in [-0.05, 0) is 56.5 Å². The topological polar surface area (TPSA) is 23.5 Å². The SMILES string of the molecule is CC(C)C1CCN(CCC2CCCC2O)C1. The molecular formula is C14H27NO. The fraction of sp³-hybridized carbons (Fsp3) is 1.00. The average molecular weight is 225 g/mol. The molecular weight excluding hydrogens is 198 g/mol. The van der Waals surface area contributed by atoms with E-state index >= 15 is 0 Å². The summed E-state index contributed by atoms with van der Waals surface area (Å²) in [7, 11) is 0. The second-order valence-corrected chi connectivity index (χ2v) is 6.14. The van der Waals surface area contributed by atoms with Gasteiger partial charge in [-0.2, -0.15) is 0 Å². The summed E-state index contributed by atoms with van der Waals surface area (Å²) < 4.78 is 0. The molecule has 2 nitrogen and oxygen atoms in total. The maximum atomic E-state index is 9.78. The summed E-state index contributed by atoms with van der Waals surface area (Å²) in [5.41, 5.74) is 0. The second kappa shape index (κ2) is 5.50. The molecule has 2 rings (SSSR count). The normalized spacial score (nSPS) is 36.4. The summed E-state index contributed by atoms with van der Waals surface area (Å²) in [6.07, 6.45) is 6.13. The van der Waals surface area contributed by atoms with Crippen LogP contribution in [0.15, 0.2) is 0 Å². The highest BCUT2D eigenvalue weighted by Crippen LogP contribution is 2.30. The number of likely N-dealkylation sites (tertiary alicyclic amines) is 1. The van der Waals surface area contributed by atoms with Crippen LogP contribution in [0.3, 0.4) is 0 Å². The van der Waals surface area contributed by atoms with Crippen molar-refractivity contribution in [3.8, 4) is 0 Å². The molecule has 1 aliphatic heterocycles. The van der Waals surface area contributed by atoms with Gasteiger partial charge in [0.05, 0.1) is 6.10 Å². The van der Waals surface area contributed by atoms with Gasteiger partial charge in [0.15, 0.2) is 0 Å². The van der Waals surface area contributed by atoms with Gasteiger partial charge in [-0.3, -0.25) is 0 Å². The van der Waals surface area contributed by atoms with E-state index in [0.717, 1.165) is 18.3 Å². The van der Waals surface area contributed by atoms with E-state index in [9.17, 15) is 5.11 Å². The van der Waals surface area contributed by atoms with Crippen molar-refractivity contribution in [2.24, 2.45) is 17.8 Å². The second-order valence-electron chi connectivity index (χ2n) is 6.14. The zero-order valence-electron chi connectivity index (χ0n) is 10.9. The summed E-state index contributed by atoms with van der Waals surface area (Å²) in [6.45, 7) is 8.47. The summed E-state index contributed by atoms with van der Waals surface area (Å²) >= 11 is 0. The Bertz CT molecular complexity index is 217. The Balaban J connectivity index is 1.67. The van der Waals surface area contributed by atoms with Crippen LogP contribution in [0, 0.1) is 17.8 Å². The Morgan fingerprint density at radius 2 is 2.06 bits per heavy atom. The lowest BCUT2D eigenvalue weighted by Crippen LogP contribution is -2.26. The number of aliphatic hydroxyl groups excluding tert-OH is 1. The standard InChI is InChI=1S/C14H27NO/c1-11(2)13-7-9-15(10-13)8-6-12-4-3-5-14(12)16/h11-14,16H,3-10H2,1-2H3. The molecule has 1 saturated heterocycles. The summed E-state index contributed by atoms with van der Waals surface area (Å²) in [5.74, 6) is 2.34. The molecule has 0 aromatic rings. The Morgan fingerprint density at radius 1 is 1.25 bits per heavy atom. The van der Waals surface area contributed by atoms with Gasteiger partial charge < -0.3 is 10.0 Å². The Kier molecular flexibility index (Phi) is 4.26. The molecule has 1 heterocycles. The lowest BCUT2D eigenvalue weighted by Gasteiger charge is -2.21. The van der Waals surface area contributed by atoms with Crippen molar-refractivity contribution in [2.75, 3.05) is 19.6 Å². The minimum atomic E-state index is 0.00324. The molecule has 94 valence electrons. The van der Waals surface area contributed by atoms with Crippen molar-refractivity contribution in [3.05, 3.63) is 0 Å². The van der Waals surface area contributed by atoms with E-state index in [1.165, 1.54) is 45.3 Å². The van der Waals surface area contributed by atoms with E-state index in [1.807, 2.05) is 0 Å².